The van der Waals surface area contributed by atoms with E-state index in [4.69, 9.17) is 4.74 Å². The lowest BCUT2D eigenvalue weighted by Gasteiger charge is -2.21. The van der Waals surface area contributed by atoms with E-state index >= 15 is 0 Å². The highest BCUT2D eigenvalue weighted by atomic mass is 16.5. The van der Waals surface area contributed by atoms with Crippen molar-refractivity contribution in [1.29, 1.82) is 0 Å². The lowest BCUT2D eigenvalue weighted by atomic mass is 9.92. The minimum atomic E-state index is -0.177. The molecule has 28 heavy (non-hydrogen) atoms. The molecular weight excluding hydrogens is 356 g/mol. The molecule has 0 fully saturated rings. The van der Waals surface area contributed by atoms with E-state index in [1.807, 2.05) is 44.8 Å². The van der Waals surface area contributed by atoms with Crippen LogP contribution in [0.15, 0.2) is 18.3 Å². The monoisotopic (exact) mass is 384 g/mol. The van der Waals surface area contributed by atoms with Crippen molar-refractivity contribution in [3.8, 4) is 5.88 Å². The zero-order valence-corrected chi connectivity index (χ0v) is 17.4. The number of aromatic nitrogens is 5. The molecule has 0 saturated heterocycles. The first kappa shape index (κ1) is 19.9. The molecule has 0 bridgehead atoms. The average Bonchev–Trinajstić information content (AvgIpc) is 3.17. The van der Waals surface area contributed by atoms with Crippen LogP contribution in [0.5, 0.6) is 5.88 Å². The fraction of sp³-hybridized carbons (Fsp3) is 0.500. The molecule has 3 aromatic heterocycles. The minimum Gasteiger partial charge on any atom is -0.466 e. The third-order valence-corrected chi connectivity index (χ3v) is 4.99. The first-order valence-electron chi connectivity index (χ1n) is 9.46. The molecule has 3 aromatic rings. The van der Waals surface area contributed by atoms with Gasteiger partial charge in [-0.25, -0.2) is 9.67 Å². The number of nitrogens with zero attached hydrogens (tertiary/aromatic N) is 5. The van der Waals surface area contributed by atoms with Crippen LogP contribution in [0.25, 0.3) is 11.0 Å². The molecule has 0 spiro atoms. The molecule has 0 saturated carbocycles. The van der Waals surface area contributed by atoms with E-state index in [0.717, 1.165) is 28.0 Å². The van der Waals surface area contributed by atoms with Crippen molar-refractivity contribution >= 4 is 16.9 Å². The molecule has 1 atom stereocenters. The molecule has 0 unspecified atom stereocenters. The van der Waals surface area contributed by atoms with Crippen LogP contribution >= 0.6 is 0 Å². The van der Waals surface area contributed by atoms with Gasteiger partial charge in [-0.1, -0.05) is 13.8 Å². The van der Waals surface area contributed by atoms with Crippen LogP contribution in [0.4, 0.5) is 0 Å². The summed E-state index contributed by atoms with van der Waals surface area (Å²) in [5.74, 6) is 0.809. The molecule has 8 heteroatoms. The van der Waals surface area contributed by atoms with Crippen molar-refractivity contribution in [2.75, 3.05) is 13.2 Å². The highest BCUT2D eigenvalue weighted by Gasteiger charge is 2.20. The fourth-order valence-corrected chi connectivity index (χ4v) is 3.49. The van der Waals surface area contributed by atoms with Crippen LogP contribution in [-0.2, 0) is 18.9 Å². The predicted molar refractivity (Wildman–Crippen MR) is 107 cm³/mol. The van der Waals surface area contributed by atoms with E-state index in [0.29, 0.717) is 18.3 Å². The number of nitrogens with one attached hydrogen (secondary N) is 1. The van der Waals surface area contributed by atoms with Gasteiger partial charge in [0.15, 0.2) is 12.3 Å². The Balaban J connectivity index is 1.65. The summed E-state index contributed by atoms with van der Waals surface area (Å²) in [6, 6.07) is 3.98. The molecule has 0 radical (unpaired) electrons. The Morgan fingerprint density at radius 2 is 2.00 bits per heavy atom. The van der Waals surface area contributed by atoms with Gasteiger partial charge in [-0.2, -0.15) is 5.10 Å². The number of pyridine rings is 1. The molecule has 8 nitrogen and oxygen atoms in total. The van der Waals surface area contributed by atoms with E-state index < -0.39 is 0 Å². The molecule has 0 aliphatic carbocycles. The summed E-state index contributed by atoms with van der Waals surface area (Å²) in [7, 11) is 3.74. The van der Waals surface area contributed by atoms with Crippen molar-refractivity contribution in [3.05, 3.63) is 35.3 Å². The van der Waals surface area contributed by atoms with E-state index in [9.17, 15) is 4.79 Å². The highest BCUT2D eigenvalue weighted by Crippen LogP contribution is 2.27. The summed E-state index contributed by atoms with van der Waals surface area (Å²) >= 11 is 0. The van der Waals surface area contributed by atoms with Crippen molar-refractivity contribution in [3.63, 3.8) is 0 Å². The molecule has 3 heterocycles. The summed E-state index contributed by atoms with van der Waals surface area (Å²) in [5.41, 5.74) is 3.81. The zero-order valence-electron chi connectivity index (χ0n) is 17.4. The summed E-state index contributed by atoms with van der Waals surface area (Å²) in [5, 5.41) is 12.4. The van der Waals surface area contributed by atoms with Gasteiger partial charge in [0.2, 0.25) is 5.88 Å². The third-order valence-electron chi connectivity index (χ3n) is 4.99. The first-order valence-corrected chi connectivity index (χ1v) is 9.46. The van der Waals surface area contributed by atoms with Gasteiger partial charge in [0, 0.05) is 44.1 Å². The Bertz CT molecular complexity index is 988. The average molecular weight is 384 g/mol. The van der Waals surface area contributed by atoms with Gasteiger partial charge in [0.25, 0.3) is 5.91 Å². The highest BCUT2D eigenvalue weighted by molar-refractivity contribution is 5.85. The van der Waals surface area contributed by atoms with E-state index in [2.05, 4.69) is 34.3 Å². The van der Waals surface area contributed by atoms with Gasteiger partial charge in [-0.15, -0.1) is 5.10 Å². The molecule has 1 N–H and O–H groups in total. The van der Waals surface area contributed by atoms with Crippen molar-refractivity contribution in [2.24, 2.45) is 20.0 Å². The van der Waals surface area contributed by atoms with Crippen LogP contribution in [0, 0.1) is 19.8 Å². The number of carbonyl (C=O) groups excluding carboxylic acids is 1. The van der Waals surface area contributed by atoms with E-state index in [-0.39, 0.29) is 18.4 Å². The number of hydrogen-bond donors (Lipinski definition) is 1. The van der Waals surface area contributed by atoms with Gasteiger partial charge in [-0.05, 0) is 37.5 Å². The summed E-state index contributed by atoms with van der Waals surface area (Å²) in [6.07, 6.45) is 1.78. The second-order valence-electron chi connectivity index (χ2n) is 7.53. The van der Waals surface area contributed by atoms with Crippen molar-refractivity contribution in [1.82, 2.24) is 29.9 Å². The Hall–Kier alpha value is -2.90. The molecule has 0 aliphatic heterocycles. The standard InChI is InChI=1S/C20H28N6O2/c1-12(2)15(16-7-8-22-25(16)5)10-21-17(27)11-28-20-18-13(3)9-14(4)23-19(18)26(6)24-20/h7-9,12,15H,10-11H2,1-6H3,(H,21,27)/t15-/m1/s1. The van der Waals surface area contributed by atoms with Crippen LogP contribution in [0.3, 0.4) is 0 Å². The molecule has 1 amide bonds. The van der Waals surface area contributed by atoms with Crippen molar-refractivity contribution in [2.45, 2.75) is 33.6 Å². The summed E-state index contributed by atoms with van der Waals surface area (Å²) < 4.78 is 9.26. The largest absolute Gasteiger partial charge is 0.466 e. The molecule has 0 aromatic carbocycles. The molecule has 0 aliphatic rings. The SMILES string of the molecule is Cc1cc(C)c2c(OCC(=O)NC[C@@H](c3ccnn3C)C(C)C)nn(C)c2n1. The minimum absolute atomic E-state index is 0.0877. The maximum absolute atomic E-state index is 12.4. The second kappa shape index (κ2) is 8.00. The van der Waals surface area contributed by atoms with Gasteiger partial charge < -0.3 is 10.1 Å². The lowest BCUT2D eigenvalue weighted by Crippen LogP contribution is -2.34. The predicted octanol–water partition coefficient (Wildman–Crippen LogP) is 2.25. The number of amides is 1. The van der Waals surface area contributed by atoms with Gasteiger partial charge in [-0.3, -0.25) is 9.48 Å². The number of rotatable bonds is 7. The van der Waals surface area contributed by atoms with Crippen LogP contribution in [-0.4, -0.2) is 43.6 Å². The number of aryl methyl sites for hydroxylation is 4. The second-order valence-corrected chi connectivity index (χ2v) is 7.53. The maximum atomic E-state index is 12.4. The summed E-state index contributed by atoms with van der Waals surface area (Å²) in [6.45, 7) is 8.65. The smallest absolute Gasteiger partial charge is 0.258 e. The number of fused-ring (bicyclic) bond motifs is 1. The Kier molecular flexibility index (Phi) is 5.67. The van der Waals surface area contributed by atoms with Gasteiger partial charge >= 0.3 is 0 Å². The van der Waals surface area contributed by atoms with E-state index in [1.54, 1.807) is 10.9 Å². The van der Waals surface area contributed by atoms with Gasteiger partial charge in [0.1, 0.15) is 0 Å². The number of ether oxygens (including phenoxy) is 1. The quantitative estimate of drug-likeness (QED) is 0.675. The normalized spacial score (nSPS) is 12.5. The maximum Gasteiger partial charge on any atom is 0.258 e. The third kappa shape index (κ3) is 4.00. The Labute approximate surface area is 164 Å². The number of carbonyl (C=O) groups is 1. The van der Waals surface area contributed by atoms with E-state index in [1.165, 1.54) is 0 Å². The molecular formula is C20H28N6O2. The van der Waals surface area contributed by atoms with Crippen LogP contribution in [0.1, 0.15) is 36.7 Å². The van der Waals surface area contributed by atoms with Crippen LogP contribution < -0.4 is 10.1 Å². The molecule has 3 rings (SSSR count). The Morgan fingerprint density at radius 1 is 1.25 bits per heavy atom. The summed E-state index contributed by atoms with van der Waals surface area (Å²) in [4.78, 5) is 16.9. The molecule has 150 valence electrons. The van der Waals surface area contributed by atoms with Gasteiger partial charge in [0.05, 0.1) is 5.39 Å². The lowest BCUT2D eigenvalue weighted by molar-refractivity contribution is -0.123. The Morgan fingerprint density at radius 3 is 2.64 bits per heavy atom. The van der Waals surface area contributed by atoms with Crippen molar-refractivity contribution < 1.29 is 9.53 Å². The number of hydrogen-bond acceptors (Lipinski definition) is 5. The fourth-order valence-electron chi connectivity index (χ4n) is 3.49. The zero-order chi connectivity index (χ0) is 20.4. The van der Waals surface area contributed by atoms with Crippen LogP contribution in [0.2, 0.25) is 0 Å². The first-order chi connectivity index (χ1) is 13.3. The topological polar surface area (TPSA) is 86.9 Å².